The summed E-state index contributed by atoms with van der Waals surface area (Å²) < 4.78 is 32.7. The van der Waals surface area contributed by atoms with Crippen LogP contribution in [0.25, 0.3) is 0 Å². The van der Waals surface area contributed by atoms with E-state index >= 15 is 0 Å². The van der Waals surface area contributed by atoms with E-state index in [1.807, 2.05) is 33.8 Å². The van der Waals surface area contributed by atoms with E-state index in [2.05, 4.69) is 0 Å². The molecule has 0 amide bonds. The lowest BCUT2D eigenvalue weighted by Gasteiger charge is -2.23. The molecule has 0 aromatic heterocycles. The van der Waals surface area contributed by atoms with Crippen molar-refractivity contribution in [3.05, 3.63) is 52.6 Å². The van der Waals surface area contributed by atoms with Gasteiger partial charge in [0.25, 0.3) is 10.0 Å². The number of nitrogens with zero attached hydrogens (tertiary/aromatic N) is 1. The minimum absolute atomic E-state index is 0.323. The maximum absolute atomic E-state index is 13.2. The highest BCUT2D eigenvalue weighted by Gasteiger charge is 2.27. The maximum atomic E-state index is 13.2. The number of hydrogen-bond acceptors (Lipinski definition) is 4. The molecule has 0 heterocycles. The van der Waals surface area contributed by atoms with Crippen molar-refractivity contribution in [1.82, 2.24) is 0 Å². The lowest BCUT2D eigenvalue weighted by Crippen LogP contribution is -2.28. The number of carbonyl (C=O) groups is 1. The zero-order chi connectivity index (χ0) is 19.6. The summed E-state index contributed by atoms with van der Waals surface area (Å²) >= 11 is 0. The van der Waals surface area contributed by atoms with Crippen LogP contribution >= 0.6 is 0 Å². The van der Waals surface area contributed by atoms with Gasteiger partial charge in [-0.2, -0.15) is 0 Å². The Labute approximate surface area is 154 Å². The first-order valence-corrected chi connectivity index (χ1v) is 9.50. The standard InChI is InChI=1S/C19H23NO5S/c1-12-10-13(2)15(4)19(14(12)3)26(23,24)20(5)16-6-8-17(9-7-16)25-11-18(21)22/h6-10H,11H2,1-5H3,(H,21,22). The van der Waals surface area contributed by atoms with Gasteiger partial charge in [0.1, 0.15) is 5.75 Å². The van der Waals surface area contributed by atoms with E-state index in [-0.39, 0.29) is 0 Å². The number of carboxylic acid groups (broad SMARTS) is 1. The molecular formula is C19H23NO5S. The first-order chi connectivity index (χ1) is 12.1. The van der Waals surface area contributed by atoms with Gasteiger partial charge in [0.15, 0.2) is 6.61 Å². The van der Waals surface area contributed by atoms with Gasteiger partial charge in [0.2, 0.25) is 0 Å². The van der Waals surface area contributed by atoms with E-state index in [1.54, 1.807) is 24.3 Å². The molecule has 0 aliphatic heterocycles. The van der Waals surface area contributed by atoms with Crippen LogP contribution in [0.1, 0.15) is 22.3 Å². The molecule has 0 unspecified atom stereocenters. The SMILES string of the molecule is Cc1cc(C)c(C)c(S(=O)(=O)N(C)c2ccc(OCC(=O)O)cc2)c1C. The summed E-state index contributed by atoms with van der Waals surface area (Å²) in [6, 6.07) is 8.25. The second kappa shape index (κ2) is 7.37. The van der Waals surface area contributed by atoms with Crippen LogP contribution in [0.4, 0.5) is 5.69 Å². The predicted octanol–water partition coefficient (Wildman–Crippen LogP) is 3.21. The van der Waals surface area contributed by atoms with Crippen molar-refractivity contribution in [2.24, 2.45) is 0 Å². The summed E-state index contributed by atoms with van der Waals surface area (Å²) in [7, 11) is -2.24. The number of ether oxygens (including phenoxy) is 1. The fourth-order valence-electron chi connectivity index (χ4n) is 2.74. The Morgan fingerprint density at radius 1 is 1.04 bits per heavy atom. The third-order valence-corrected chi connectivity index (χ3v) is 6.54. The minimum Gasteiger partial charge on any atom is -0.482 e. The molecule has 0 aliphatic rings. The zero-order valence-electron chi connectivity index (χ0n) is 15.5. The van der Waals surface area contributed by atoms with Gasteiger partial charge in [0.05, 0.1) is 10.6 Å². The number of rotatable bonds is 6. The first-order valence-electron chi connectivity index (χ1n) is 8.06. The molecule has 26 heavy (non-hydrogen) atoms. The molecule has 7 heteroatoms. The summed E-state index contributed by atoms with van der Waals surface area (Å²) in [6.07, 6.45) is 0. The molecule has 0 aliphatic carbocycles. The van der Waals surface area contributed by atoms with E-state index in [0.717, 1.165) is 22.3 Å². The van der Waals surface area contributed by atoms with Crippen LogP contribution in [0.3, 0.4) is 0 Å². The highest BCUT2D eigenvalue weighted by Crippen LogP contribution is 2.31. The summed E-state index contributed by atoms with van der Waals surface area (Å²) in [6.45, 7) is 6.97. The molecule has 0 bridgehead atoms. The molecule has 0 radical (unpaired) electrons. The third-order valence-electron chi connectivity index (χ3n) is 4.48. The number of aryl methyl sites for hydroxylation is 2. The molecule has 0 fully saturated rings. The van der Waals surface area contributed by atoms with Gasteiger partial charge >= 0.3 is 5.97 Å². The predicted molar refractivity (Wildman–Crippen MR) is 101 cm³/mol. The Hall–Kier alpha value is -2.54. The molecule has 2 rings (SSSR count). The number of aliphatic carboxylic acids is 1. The Bertz CT molecular complexity index is 907. The minimum atomic E-state index is -3.74. The van der Waals surface area contributed by atoms with E-state index in [0.29, 0.717) is 16.3 Å². The largest absolute Gasteiger partial charge is 0.482 e. The fraction of sp³-hybridized carbons (Fsp3) is 0.316. The van der Waals surface area contributed by atoms with E-state index in [9.17, 15) is 13.2 Å². The van der Waals surface area contributed by atoms with Gasteiger partial charge in [-0.3, -0.25) is 4.31 Å². The second-order valence-corrected chi connectivity index (χ2v) is 8.14. The summed E-state index contributed by atoms with van der Waals surface area (Å²) in [5.74, 6) is -0.713. The molecular weight excluding hydrogens is 354 g/mol. The highest BCUT2D eigenvalue weighted by molar-refractivity contribution is 7.92. The van der Waals surface area contributed by atoms with Crippen molar-refractivity contribution in [3.63, 3.8) is 0 Å². The van der Waals surface area contributed by atoms with Crippen molar-refractivity contribution in [3.8, 4) is 5.75 Å². The molecule has 1 N–H and O–H groups in total. The average molecular weight is 377 g/mol. The number of sulfonamides is 1. The number of hydrogen-bond donors (Lipinski definition) is 1. The van der Waals surface area contributed by atoms with Gasteiger partial charge in [-0.1, -0.05) is 6.07 Å². The highest BCUT2D eigenvalue weighted by atomic mass is 32.2. The maximum Gasteiger partial charge on any atom is 0.341 e. The van der Waals surface area contributed by atoms with Crippen LogP contribution < -0.4 is 9.04 Å². The van der Waals surface area contributed by atoms with Gasteiger partial charge in [0, 0.05) is 7.05 Å². The molecule has 0 saturated heterocycles. The second-order valence-electron chi connectivity index (χ2n) is 6.24. The summed E-state index contributed by atoms with van der Waals surface area (Å²) in [5.41, 5.74) is 3.79. The van der Waals surface area contributed by atoms with Crippen LogP contribution in [0.15, 0.2) is 35.2 Å². The van der Waals surface area contributed by atoms with Crippen LogP contribution in [0.5, 0.6) is 5.75 Å². The first kappa shape index (κ1) is 19.8. The Morgan fingerprint density at radius 3 is 2.00 bits per heavy atom. The third kappa shape index (κ3) is 3.83. The van der Waals surface area contributed by atoms with Crippen molar-refractivity contribution < 1.29 is 23.1 Å². The molecule has 2 aromatic rings. The Balaban J connectivity index is 2.40. The molecule has 2 aromatic carbocycles. The number of benzene rings is 2. The van der Waals surface area contributed by atoms with Crippen molar-refractivity contribution in [1.29, 1.82) is 0 Å². The van der Waals surface area contributed by atoms with Crippen molar-refractivity contribution >= 4 is 21.7 Å². The quantitative estimate of drug-likeness (QED) is 0.836. The monoisotopic (exact) mass is 377 g/mol. The van der Waals surface area contributed by atoms with Crippen molar-refractivity contribution in [2.45, 2.75) is 32.6 Å². The lowest BCUT2D eigenvalue weighted by molar-refractivity contribution is -0.139. The average Bonchev–Trinajstić information content (AvgIpc) is 2.58. The van der Waals surface area contributed by atoms with Crippen LogP contribution in [0.2, 0.25) is 0 Å². The van der Waals surface area contributed by atoms with Crippen LogP contribution in [0, 0.1) is 27.7 Å². The van der Waals surface area contributed by atoms with E-state index < -0.39 is 22.6 Å². The smallest absolute Gasteiger partial charge is 0.341 e. The van der Waals surface area contributed by atoms with E-state index in [1.165, 1.54) is 11.4 Å². The topological polar surface area (TPSA) is 83.9 Å². The molecule has 0 saturated carbocycles. The zero-order valence-corrected chi connectivity index (χ0v) is 16.3. The summed E-state index contributed by atoms with van der Waals surface area (Å²) in [4.78, 5) is 10.9. The fourth-order valence-corrected chi connectivity index (χ4v) is 4.51. The van der Waals surface area contributed by atoms with Gasteiger partial charge < -0.3 is 9.84 Å². The Kier molecular flexibility index (Phi) is 5.61. The van der Waals surface area contributed by atoms with Gasteiger partial charge in [-0.05, 0) is 74.2 Å². The van der Waals surface area contributed by atoms with Crippen molar-refractivity contribution in [2.75, 3.05) is 18.0 Å². The van der Waals surface area contributed by atoms with Gasteiger partial charge in [-0.15, -0.1) is 0 Å². The van der Waals surface area contributed by atoms with Gasteiger partial charge in [-0.25, -0.2) is 13.2 Å². The normalized spacial score (nSPS) is 11.3. The van der Waals surface area contributed by atoms with Crippen LogP contribution in [-0.2, 0) is 14.8 Å². The van der Waals surface area contributed by atoms with Crippen LogP contribution in [-0.4, -0.2) is 33.1 Å². The molecule has 0 spiro atoms. The molecule has 140 valence electrons. The number of anilines is 1. The number of carboxylic acids is 1. The Morgan fingerprint density at radius 2 is 1.54 bits per heavy atom. The summed E-state index contributed by atoms with van der Waals surface area (Å²) in [5, 5.41) is 8.63. The molecule has 6 nitrogen and oxygen atoms in total. The van der Waals surface area contributed by atoms with E-state index in [4.69, 9.17) is 9.84 Å². The molecule has 0 atom stereocenters. The lowest BCUT2D eigenvalue weighted by atomic mass is 10.0.